The average molecular weight is 284 g/mol. The highest BCUT2D eigenvalue weighted by atomic mass is 79.9. The van der Waals surface area contributed by atoms with Gasteiger partial charge in [-0.2, -0.15) is 0 Å². The standard InChI is InChI=1S/C11H11BrFN3/c12-9-1-2-11(13)8(3-9)4-14-5-10-6-15-7-16-10/h1-3,6-7,14H,4-5H2,(H,15,16). The summed E-state index contributed by atoms with van der Waals surface area (Å²) >= 11 is 3.32. The van der Waals surface area contributed by atoms with Crippen LogP contribution >= 0.6 is 15.9 Å². The first-order valence-electron chi connectivity index (χ1n) is 4.87. The molecule has 0 unspecified atom stereocenters. The zero-order chi connectivity index (χ0) is 11.4. The molecule has 2 aromatic rings. The molecule has 1 aromatic carbocycles. The third kappa shape index (κ3) is 2.90. The van der Waals surface area contributed by atoms with E-state index >= 15 is 0 Å². The highest BCUT2D eigenvalue weighted by Crippen LogP contribution is 2.15. The molecule has 16 heavy (non-hydrogen) atoms. The van der Waals surface area contributed by atoms with E-state index in [-0.39, 0.29) is 5.82 Å². The van der Waals surface area contributed by atoms with Gasteiger partial charge in [0.05, 0.1) is 6.33 Å². The van der Waals surface area contributed by atoms with Crippen molar-refractivity contribution in [2.24, 2.45) is 0 Å². The number of imidazole rings is 1. The second-order valence-corrected chi connectivity index (χ2v) is 4.33. The molecule has 2 N–H and O–H groups in total. The first-order chi connectivity index (χ1) is 7.75. The number of aromatic amines is 1. The molecule has 5 heteroatoms. The lowest BCUT2D eigenvalue weighted by Crippen LogP contribution is -2.13. The average Bonchev–Trinajstić information content (AvgIpc) is 2.76. The van der Waals surface area contributed by atoms with Crippen LogP contribution in [0.25, 0.3) is 0 Å². The van der Waals surface area contributed by atoms with Crippen molar-refractivity contribution in [3.8, 4) is 0 Å². The monoisotopic (exact) mass is 283 g/mol. The van der Waals surface area contributed by atoms with Crippen LogP contribution in [0, 0.1) is 5.82 Å². The number of nitrogens with zero attached hydrogens (tertiary/aromatic N) is 1. The number of nitrogens with one attached hydrogen (secondary N) is 2. The summed E-state index contributed by atoms with van der Waals surface area (Å²) in [6.45, 7) is 1.14. The quantitative estimate of drug-likeness (QED) is 0.906. The van der Waals surface area contributed by atoms with Crippen molar-refractivity contribution in [1.29, 1.82) is 0 Å². The van der Waals surface area contributed by atoms with Crippen LogP contribution in [0.3, 0.4) is 0 Å². The third-order valence-corrected chi connectivity index (χ3v) is 2.69. The van der Waals surface area contributed by atoms with Crippen molar-refractivity contribution in [1.82, 2.24) is 15.3 Å². The number of aromatic nitrogens is 2. The van der Waals surface area contributed by atoms with E-state index in [1.807, 2.05) is 0 Å². The van der Waals surface area contributed by atoms with Gasteiger partial charge in [-0.1, -0.05) is 15.9 Å². The highest BCUT2D eigenvalue weighted by molar-refractivity contribution is 9.10. The van der Waals surface area contributed by atoms with Crippen molar-refractivity contribution in [3.05, 3.63) is 52.3 Å². The maximum atomic E-state index is 13.4. The molecule has 0 saturated carbocycles. The van der Waals surface area contributed by atoms with Crippen LogP contribution in [-0.2, 0) is 13.1 Å². The van der Waals surface area contributed by atoms with Crippen LogP contribution in [0.1, 0.15) is 11.3 Å². The van der Waals surface area contributed by atoms with Gasteiger partial charge in [0.15, 0.2) is 0 Å². The van der Waals surface area contributed by atoms with E-state index in [2.05, 4.69) is 31.2 Å². The second kappa shape index (κ2) is 5.23. The summed E-state index contributed by atoms with van der Waals surface area (Å²) < 4.78 is 14.2. The molecule has 0 atom stereocenters. The van der Waals surface area contributed by atoms with E-state index in [1.165, 1.54) is 6.07 Å². The normalized spacial score (nSPS) is 10.6. The van der Waals surface area contributed by atoms with E-state index in [1.54, 1.807) is 24.7 Å². The van der Waals surface area contributed by atoms with Crippen LogP contribution in [0.5, 0.6) is 0 Å². The second-order valence-electron chi connectivity index (χ2n) is 3.42. The molecule has 0 bridgehead atoms. The van der Waals surface area contributed by atoms with E-state index < -0.39 is 0 Å². The maximum Gasteiger partial charge on any atom is 0.127 e. The molecule has 0 aliphatic heterocycles. The fourth-order valence-corrected chi connectivity index (χ4v) is 1.80. The Bertz CT molecular complexity index is 456. The van der Waals surface area contributed by atoms with Crippen LogP contribution < -0.4 is 5.32 Å². The Morgan fingerprint density at radius 2 is 2.25 bits per heavy atom. The summed E-state index contributed by atoms with van der Waals surface area (Å²) in [5.74, 6) is -0.194. The molecule has 1 heterocycles. The number of H-pyrrole nitrogens is 1. The lowest BCUT2D eigenvalue weighted by atomic mass is 10.2. The zero-order valence-electron chi connectivity index (χ0n) is 8.50. The summed E-state index contributed by atoms with van der Waals surface area (Å²) in [4.78, 5) is 6.88. The first-order valence-corrected chi connectivity index (χ1v) is 5.67. The predicted molar refractivity (Wildman–Crippen MR) is 63.2 cm³/mol. The van der Waals surface area contributed by atoms with Crippen molar-refractivity contribution < 1.29 is 4.39 Å². The molecule has 0 aliphatic carbocycles. The molecule has 1 aromatic heterocycles. The van der Waals surface area contributed by atoms with Gasteiger partial charge in [0.2, 0.25) is 0 Å². The Labute approximate surface area is 101 Å². The largest absolute Gasteiger partial charge is 0.347 e. The minimum Gasteiger partial charge on any atom is -0.347 e. The van der Waals surface area contributed by atoms with Gasteiger partial charge < -0.3 is 10.3 Å². The van der Waals surface area contributed by atoms with Gasteiger partial charge in [-0.15, -0.1) is 0 Å². The lowest BCUT2D eigenvalue weighted by molar-refractivity contribution is 0.586. The number of halogens is 2. The van der Waals surface area contributed by atoms with Crippen molar-refractivity contribution in [2.45, 2.75) is 13.1 Å². The summed E-state index contributed by atoms with van der Waals surface area (Å²) in [6, 6.07) is 4.92. The summed E-state index contributed by atoms with van der Waals surface area (Å²) in [7, 11) is 0. The molecule has 0 fully saturated rings. The van der Waals surface area contributed by atoms with Gasteiger partial charge in [0, 0.05) is 35.0 Å². The fourth-order valence-electron chi connectivity index (χ4n) is 1.39. The van der Waals surface area contributed by atoms with Gasteiger partial charge in [-0.3, -0.25) is 0 Å². The Morgan fingerprint density at radius 1 is 1.38 bits per heavy atom. The van der Waals surface area contributed by atoms with Crippen LogP contribution in [0.2, 0.25) is 0 Å². The minimum absolute atomic E-state index is 0.194. The Kier molecular flexibility index (Phi) is 3.69. The van der Waals surface area contributed by atoms with E-state index in [0.29, 0.717) is 18.7 Å². The molecule has 2 rings (SSSR count). The molecule has 84 valence electrons. The van der Waals surface area contributed by atoms with E-state index in [9.17, 15) is 4.39 Å². The first kappa shape index (κ1) is 11.3. The van der Waals surface area contributed by atoms with Gasteiger partial charge in [0.25, 0.3) is 0 Å². The highest BCUT2D eigenvalue weighted by Gasteiger charge is 2.02. The third-order valence-electron chi connectivity index (χ3n) is 2.19. The van der Waals surface area contributed by atoms with Gasteiger partial charge in [-0.05, 0) is 18.2 Å². The Balaban J connectivity index is 1.92. The molecule has 0 spiro atoms. The summed E-state index contributed by atoms with van der Waals surface area (Å²) in [6.07, 6.45) is 3.36. The lowest BCUT2D eigenvalue weighted by Gasteiger charge is -2.05. The van der Waals surface area contributed by atoms with Gasteiger partial charge in [-0.25, -0.2) is 9.37 Å². The topological polar surface area (TPSA) is 40.7 Å². The number of hydrogen-bond acceptors (Lipinski definition) is 2. The fraction of sp³-hybridized carbons (Fsp3) is 0.182. The van der Waals surface area contributed by atoms with E-state index in [4.69, 9.17) is 0 Å². The van der Waals surface area contributed by atoms with Crippen molar-refractivity contribution >= 4 is 15.9 Å². The molecule has 0 radical (unpaired) electrons. The zero-order valence-corrected chi connectivity index (χ0v) is 10.1. The predicted octanol–water partition coefficient (Wildman–Crippen LogP) is 2.60. The Hall–Kier alpha value is -1.20. The smallest absolute Gasteiger partial charge is 0.127 e. The van der Waals surface area contributed by atoms with E-state index in [0.717, 1.165) is 10.2 Å². The van der Waals surface area contributed by atoms with Crippen LogP contribution in [0.15, 0.2) is 35.2 Å². The molecule has 0 aliphatic rings. The molecular weight excluding hydrogens is 273 g/mol. The minimum atomic E-state index is -0.194. The maximum absolute atomic E-state index is 13.4. The summed E-state index contributed by atoms with van der Waals surface area (Å²) in [5.41, 5.74) is 1.63. The van der Waals surface area contributed by atoms with Crippen LogP contribution in [-0.4, -0.2) is 9.97 Å². The number of benzene rings is 1. The van der Waals surface area contributed by atoms with Crippen LogP contribution in [0.4, 0.5) is 4.39 Å². The Morgan fingerprint density at radius 3 is 3.00 bits per heavy atom. The van der Waals surface area contributed by atoms with Gasteiger partial charge >= 0.3 is 0 Å². The molecule has 0 saturated heterocycles. The number of hydrogen-bond donors (Lipinski definition) is 2. The molecule has 0 amide bonds. The van der Waals surface area contributed by atoms with Crippen molar-refractivity contribution in [3.63, 3.8) is 0 Å². The molecular formula is C11H11BrFN3. The van der Waals surface area contributed by atoms with Crippen molar-refractivity contribution in [2.75, 3.05) is 0 Å². The molecule has 3 nitrogen and oxygen atoms in total. The SMILES string of the molecule is Fc1ccc(Br)cc1CNCc1cnc[nH]1. The number of rotatable bonds is 4. The van der Waals surface area contributed by atoms with Gasteiger partial charge in [0.1, 0.15) is 5.82 Å². The summed E-state index contributed by atoms with van der Waals surface area (Å²) in [5, 5.41) is 3.14.